The maximum Gasteiger partial charge on any atom is 0.253 e. The van der Waals surface area contributed by atoms with Crippen molar-refractivity contribution < 1.29 is 4.79 Å². The third-order valence-electron chi connectivity index (χ3n) is 4.77. The lowest BCUT2D eigenvalue weighted by molar-refractivity contribution is 0.0827. The highest BCUT2D eigenvalue weighted by atomic mass is 127. The molecule has 1 aromatic rings. The molecule has 1 aliphatic heterocycles. The lowest BCUT2D eigenvalue weighted by Crippen LogP contribution is -2.42. The third-order valence-corrected chi connectivity index (χ3v) is 4.77. The Bertz CT molecular complexity index is 595. The predicted octanol–water partition coefficient (Wildman–Crippen LogP) is 2.40. The van der Waals surface area contributed by atoms with Crippen LogP contribution in [0.3, 0.4) is 0 Å². The molecule has 0 atom stereocenters. The van der Waals surface area contributed by atoms with E-state index in [-0.39, 0.29) is 29.9 Å². The third kappa shape index (κ3) is 8.04. The Hall–Kier alpha value is -1.35. The van der Waals surface area contributed by atoms with Gasteiger partial charge in [0.2, 0.25) is 0 Å². The van der Waals surface area contributed by atoms with Gasteiger partial charge in [-0.25, -0.2) is 4.99 Å². The van der Waals surface area contributed by atoms with Crippen molar-refractivity contribution in [1.29, 1.82) is 0 Å². The van der Waals surface area contributed by atoms with Crippen LogP contribution in [0.15, 0.2) is 29.3 Å². The van der Waals surface area contributed by atoms with E-state index in [0.717, 1.165) is 24.6 Å². The van der Waals surface area contributed by atoms with Gasteiger partial charge >= 0.3 is 0 Å². The number of rotatable bonds is 6. The zero-order chi connectivity index (χ0) is 18.9. The van der Waals surface area contributed by atoms with Gasteiger partial charge < -0.3 is 20.4 Å². The Kier molecular flexibility index (Phi) is 10.7. The van der Waals surface area contributed by atoms with Crippen molar-refractivity contribution in [3.63, 3.8) is 0 Å². The molecule has 1 fully saturated rings. The second-order valence-electron chi connectivity index (χ2n) is 7.22. The molecule has 1 aliphatic rings. The monoisotopic (exact) mass is 487 g/mol. The van der Waals surface area contributed by atoms with Crippen molar-refractivity contribution in [2.75, 3.05) is 47.3 Å². The fourth-order valence-electron chi connectivity index (χ4n) is 3.03. The minimum absolute atomic E-state index is 0. The SMILES string of the molecule is CCNC(=NCc1ccc(C(=O)N(C)C)cc1)NCC1CCN(C)CC1.I. The van der Waals surface area contributed by atoms with Crippen LogP contribution in [0, 0.1) is 5.92 Å². The van der Waals surface area contributed by atoms with Crippen molar-refractivity contribution in [2.45, 2.75) is 26.3 Å². The summed E-state index contributed by atoms with van der Waals surface area (Å²) in [6, 6.07) is 7.68. The molecule has 6 nitrogen and oxygen atoms in total. The van der Waals surface area contributed by atoms with Gasteiger partial charge in [-0.05, 0) is 63.5 Å². The van der Waals surface area contributed by atoms with E-state index in [4.69, 9.17) is 0 Å². The van der Waals surface area contributed by atoms with Crippen LogP contribution in [-0.4, -0.2) is 69.0 Å². The Morgan fingerprint density at radius 3 is 2.37 bits per heavy atom. The second-order valence-corrected chi connectivity index (χ2v) is 7.22. The molecule has 27 heavy (non-hydrogen) atoms. The number of benzene rings is 1. The first kappa shape index (κ1) is 23.7. The minimum Gasteiger partial charge on any atom is -0.357 e. The number of carbonyl (C=O) groups excluding carboxylic acids is 1. The maximum atomic E-state index is 11.9. The fourth-order valence-corrected chi connectivity index (χ4v) is 3.03. The van der Waals surface area contributed by atoms with Crippen molar-refractivity contribution in [2.24, 2.45) is 10.9 Å². The quantitative estimate of drug-likeness (QED) is 0.368. The highest BCUT2D eigenvalue weighted by molar-refractivity contribution is 14.0. The van der Waals surface area contributed by atoms with E-state index in [1.54, 1.807) is 19.0 Å². The van der Waals surface area contributed by atoms with Gasteiger partial charge in [-0.15, -0.1) is 24.0 Å². The summed E-state index contributed by atoms with van der Waals surface area (Å²) in [7, 11) is 5.71. The Morgan fingerprint density at radius 1 is 1.19 bits per heavy atom. The van der Waals surface area contributed by atoms with E-state index in [0.29, 0.717) is 18.0 Å². The summed E-state index contributed by atoms with van der Waals surface area (Å²) in [5.41, 5.74) is 1.80. The topological polar surface area (TPSA) is 60.0 Å². The summed E-state index contributed by atoms with van der Waals surface area (Å²) < 4.78 is 0. The molecule has 0 bridgehead atoms. The maximum absolute atomic E-state index is 11.9. The number of halogens is 1. The standard InChI is InChI=1S/C20H33N5O.HI/c1-5-21-20(23-15-17-10-12-25(4)13-11-17)22-14-16-6-8-18(9-7-16)19(26)24(2)3;/h6-9,17H,5,10-15H2,1-4H3,(H2,21,22,23);1H. The number of hydrogen-bond acceptors (Lipinski definition) is 3. The highest BCUT2D eigenvalue weighted by Gasteiger charge is 2.16. The van der Waals surface area contributed by atoms with Gasteiger partial charge in [-0.2, -0.15) is 0 Å². The van der Waals surface area contributed by atoms with Crippen molar-refractivity contribution in [3.8, 4) is 0 Å². The van der Waals surface area contributed by atoms with Crippen LogP contribution in [0.25, 0.3) is 0 Å². The molecule has 152 valence electrons. The smallest absolute Gasteiger partial charge is 0.253 e. The molecule has 7 heteroatoms. The summed E-state index contributed by atoms with van der Waals surface area (Å²) >= 11 is 0. The van der Waals surface area contributed by atoms with Crippen LogP contribution >= 0.6 is 24.0 Å². The molecular weight excluding hydrogens is 453 g/mol. The summed E-state index contributed by atoms with van der Waals surface area (Å²) in [5.74, 6) is 1.60. The van der Waals surface area contributed by atoms with E-state index in [9.17, 15) is 4.79 Å². The minimum atomic E-state index is 0. The number of nitrogens with zero attached hydrogens (tertiary/aromatic N) is 3. The summed E-state index contributed by atoms with van der Waals surface area (Å²) in [5, 5.41) is 6.79. The lowest BCUT2D eigenvalue weighted by Gasteiger charge is -2.29. The van der Waals surface area contributed by atoms with Gasteiger partial charge in [0, 0.05) is 32.7 Å². The summed E-state index contributed by atoms with van der Waals surface area (Å²) in [6.45, 7) is 6.84. The van der Waals surface area contributed by atoms with E-state index in [2.05, 4.69) is 34.5 Å². The average molecular weight is 487 g/mol. The molecule has 0 aliphatic carbocycles. The zero-order valence-electron chi connectivity index (χ0n) is 17.0. The molecule has 0 aromatic heterocycles. The molecule has 0 spiro atoms. The molecule has 0 saturated carbocycles. The number of piperidine rings is 1. The van der Waals surface area contributed by atoms with Crippen molar-refractivity contribution >= 4 is 35.8 Å². The second kappa shape index (κ2) is 12.2. The molecule has 1 amide bonds. The largest absolute Gasteiger partial charge is 0.357 e. The zero-order valence-corrected chi connectivity index (χ0v) is 19.3. The Balaban J connectivity index is 0.00000364. The molecular formula is C20H34IN5O. The number of likely N-dealkylation sites (tertiary alicyclic amines) is 1. The Morgan fingerprint density at radius 2 is 1.81 bits per heavy atom. The molecule has 0 unspecified atom stereocenters. The first-order valence-corrected chi connectivity index (χ1v) is 9.51. The van der Waals surface area contributed by atoms with Crippen molar-refractivity contribution in [1.82, 2.24) is 20.4 Å². The normalized spacial score (nSPS) is 15.8. The first-order valence-electron chi connectivity index (χ1n) is 9.51. The van der Waals surface area contributed by atoms with Crippen molar-refractivity contribution in [3.05, 3.63) is 35.4 Å². The van der Waals surface area contributed by atoms with Gasteiger partial charge in [0.15, 0.2) is 5.96 Å². The summed E-state index contributed by atoms with van der Waals surface area (Å²) in [4.78, 5) is 20.6. The van der Waals surface area contributed by atoms with Gasteiger partial charge in [0.1, 0.15) is 0 Å². The molecule has 1 heterocycles. The van der Waals surface area contributed by atoms with Crippen LogP contribution in [0.2, 0.25) is 0 Å². The van der Waals surface area contributed by atoms with Gasteiger partial charge in [0.25, 0.3) is 5.91 Å². The van der Waals surface area contributed by atoms with E-state index in [1.807, 2.05) is 24.3 Å². The van der Waals surface area contributed by atoms with Crippen LogP contribution in [0.1, 0.15) is 35.7 Å². The number of nitrogens with one attached hydrogen (secondary N) is 2. The lowest BCUT2D eigenvalue weighted by atomic mass is 9.97. The van der Waals surface area contributed by atoms with Gasteiger partial charge in [-0.1, -0.05) is 12.1 Å². The average Bonchev–Trinajstić information content (AvgIpc) is 2.65. The van der Waals surface area contributed by atoms with E-state index in [1.165, 1.54) is 25.9 Å². The molecule has 0 radical (unpaired) electrons. The highest BCUT2D eigenvalue weighted by Crippen LogP contribution is 2.14. The van der Waals surface area contributed by atoms with Crippen LogP contribution in [0.5, 0.6) is 0 Å². The van der Waals surface area contributed by atoms with Crippen LogP contribution in [-0.2, 0) is 6.54 Å². The Labute approximate surface area is 180 Å². The molecule has 1 saturated heterocycles. The number of carbonyl (C=O) groups is 1. The van der Waals surface area contributed by atoms with Crippen LogP contribution in [0.4, 0.5) is 0 Å². The predicted molar refractivity (Wildman–Crippen MR) is 123 cm³/mol. The first-order chi connectivity index (χ1) is 12.5. The van der Waals surface area contributed by atoms with E-state index < -0.39 is 0 Å². The van der Waals surface area contributed by atoms with Crippen LogP contribution < -0.4 is 10.6 Å². The van der Waals surface area contributed by atoms with Gasteiger partial charge in [-0.3, -0.25) is 4.79 Å². The van der Waals surface area contributed by atoms with E-state index >= 15 is 0 Å². The summed E-state index contributed by atoms with van der Waals surface area (Å²) in [6.07, 6.45) is 2.48. The number of amides is 1. The molecule has 2 rings (SSSR count). The number of hydrogen-bond donors (Lipinski definition) is 2. The molecule has 1 aromatic carbocycles. The number of guanidine groups is 1. The number of aliphatic imine (C=N–C) groups is 1. The fraction of sp³-hybridized carbons (Fsp3) is 0.600. The molecule has 2 N–H and O–H groups in total. The van der Waals surface area contributed by atoms with Gasteiger partial charge in [0.05, 0.1) is 6.54 Å².